The number of ketones is 1. The second kappa shape index (κ2) is 7.35. The fraction of sp³-hybridized carbons (Fsp3) is 0.526. The molecule has 0 radical (unpaired) electrons. The lowest BCUT2D eigenvalue weighted by Gasteiger charge is -2.30. The number of carbonyl (C=O) groups is 1. The van der Waals surface area contributed by atoms with Crippen molar-refractivity contribution in [2.75, 3.05) is 19.6 Å². The predicted molar refractivity (Wildman–Crippen MR) is 95.9 cm³/mol. The van der Waals surface area contributed by atoms with E-state index in [-0.39, 0.29) is 11.7 Å². The van der Waals surface area contributed by atoms with Crippen LogP contribution in [0.15, 0.2) is 23.2 Å². The highest BCUT2D eigenvalue weighted by Crippen LogP contribution is 2.26. The predicted octanol–water partition coefficient (Wildman–Crippen LogP) is 3.04. The van der Waals surface area contributed by atoms with Crippen LogP contribution >= 0.6 is 0 Å². The Bertz CT molecular complexity index is 774. The molecule has 6 nitrogen and oxygen atoms in total. The molecule has 0 N–H and O–H groups in total. The van der Waals surface area contributed by atoms with Gasteiger partial charge < -0.3 is 9.09 Å². The Labute approximate surface area is 148 Å². The molecular weight excluding hydrogens is 316 g/mol. The molecule has 0 saturated carbocycles. The number of Topliss-reactive ketones (excluding diaryl/α,β-unsaturated/α-hetero) is 1. The average Bonchev–Trinajstić information content (AvgIpc) is 3.14. The van der Waals surface area contributed by atoms with Crippen molar-refractivity contribution in [1.82, 2.24) is 19.6 Å². The van der Waals surface area contributed by atoms with Gasteiger partial charge in [-0.15, -0.1) is 6.58 Å². The summed E-state index contributed by atoms with van der Waals surface area (Å²) in [4.78, 5) is 19.4. The average molecular weight is 342 g/mol. The number of nitrogens with zero attached hydrogens (tertiary/aromatic N) is 4. The largest absolute Gasteiger partial charge is 0.345 e. The molecule has 6 heteroatoms. The topological polar surface area (TPSA) is 64.2 Å². The number of hydrogen-bond donors (Lipinski definition) is 0. The Kier molecular flexibility index (Phi) is 5.18. The molecule has 2 aromatic rings. The summed E-state index contributed by atoms with van der Waals surface area (Å²) in [5.74, 6) is 1.75. The number of likely N-dealkylation sites (tertiary alicyclic amines) is 1. The highest BCUT2D eigenvalue weighted by molar-refractivity contribution is 5.99. The summed E-state index contributed by atoms with van der Waals surface area (Å²) in [6.07, 6.45) is 3.92. The summed E-state index contributed by atoms with van der Waals surface area (Å²) in [7, 11) is 0. The van der Waals surface area contributed by atoms with Gasteiger partial charge in [0.15, 0.2) is 11.6 Å². The summed E-state index contributed by atoms with van der Waals surface area (Å²) in [6.45, 7) is 12.5. The molecule has 1 unspecified atom stereocenters. The third kappa shape index (κ3) is 3.74. The van der Waals surface area contributed by atoms with Gasteiger partial charge in [-0.3, -0.25) is 9.69 Å². The molecule has 0 aliphatic carbocycles. The highest BCUT2D eigenvalue weighted by atomic mass is 16.5. The van der Waals surface area contributed by atoms with Crippen LogP contribution < -0.4 is 0 Å². The lowest BCUT2D eigenvalue weighted by Crippen LogP contribution is -2.38. The van der Waals surface area contributed by atoms with Gasteiger partial charge in [0.1, 0.15) is 0 Å². The van der Waals surface area contributed by atoms with Crippen LogP contribution in [-0.4, -0.2) is 45.0 Å². The van der Waals surface area contributed by atoms with Crippen LogP contribution in [0.2, 0.25) is 0 Å². The first-order valence-corrected chi connectivity index (χ1v) is 8.83. The number of carbonyl (C=O) groups excluding carboxylic acids is 1. The number of rotatable bonds is 6. The minimum atomic E-state index is 0.172. The van der Waals surface area contributed by atoms with Crippen LogP contribution in [-0.2, 0) is 6.54 Å². The van der Waals surface area contributed by atoms with Crippen molar-refractivity contribution in [2.45, 2.75) is 46.1 Å². The Hall–Kier alpha value is -2.21. The summed E-state index contributed by atoms with van der Waals surface area (Å²) < 4.78 is 7.45. The Morgan fingerprint density at radius 2 is 2.24 bits per heavy atom. The lowest BCUT2D eigenvalue weighted by molar-refractivity contribution is 0.0898. The minimum Gasteiger partial charge on any atom is -0.345 e. The highest BCUT2D eigenvalue weighted by Gasteiger charge is 2.27. The molecule has 0 aromatic carbocycles. The minimum absolute atomic E-state index is 0.172. The molecular formula is C19H26N4O2. The van der Waals surface area contributed by atoms with E-state index in [0.717, 1.165) is 49.4 Å². The first-order valence-electron chi connectivity index (χ1n) is 8.83. The zero-order valence-electron chi connectivity index (χ0n) is 15.3. The van der Waals surface area contributed by atoms with E-state index >= 15 is 0 Å². The normalized spacial score (nSPS) is 18.4. The van der Waals surface area contributed by atoms with Crippen molar-refractivity contribution >= 4 is 5.78 Å². The van der Waals surface area contributed by atoms with Crippen LogP contribution in [0.3, 0.4) is 0 Å². The number of aryl methyl sites for hydroxylation is 2. The molecule has 2 aromatic heterocycles. The standard InChI is InChI=1S/C19H26N4O2/c1-5-8-23-13(2)10-17(14(23)3)18(24)12-22-9-6-7-16(11-22)19-20-15(4)21-25-19/h5,10,16H,1,6-9,11-12H2,2-4H3. The number of piperidine rings is 1. The molecule has 3 rings (SSSR count). The molecule has 0 bridgehead atoms. The van der Waals surface area contributed by atoms with Crippen LogP contribution in [0, 0.1) is 20.8 Å². The molecule has 1 saturated heterocycles. The zero-order valence-corrected chi connectivity index (χ0v) is 15.3. The van der Waals surface area contributed by atoms with Crippen molar-refractivity contribution < 1.29 is 9.32 Å². The van der Waals surface area contributed by atoms with E-state index in [1.54, 1.807) is 0 Å². The van der Waals surface area contributed by atoms with Crippen LogP contribution in [0.4, 0.5) is 0 Å². The van der Waals surface area contributed by atoms with E-state index in [1.807, 2.05) is 32.9 Å². The van der Waals surface area contributed by atoms with Gasteiger partial charge in [-0.1, -0.05) is 11.2 Å². The van der Waals surface area contributed by atoms with Crippen molar-refractivity contribution in [3.8, 4) is 0 Å². The van der Waals surface area contributed by atoms with Crippen molar-refractivity contribution in [2.24, 2.45) is 0 Å². The summed E-state index contributed by atoms with van der Waals surface area (Å²) in [5.41, 5.74) is 2.93. The van der Waals surface area contributed by atoms with Gasteiger partial charge in [0.2, 0.25) is 5.89 Å². The SMILES string of the molecule is C=CCn1c(C)cc(C(=O)CN2CCCC(c3nc(C)no3)C2)c1C. The Balaban J connectivity index is 1.68. The number of hydrogen-bond acceptors (Lipinski definition) is 5. The molecule has 1 fully saturated rings. The lowest BCUT2D eigenvalue weighted by atomic mass is 9.97. The van der Waals surface area contributed by atoms with Crippen molar-refractivity contribution in [3.63, 3.8) is 0 Å². The third-order valence-corrected chi connectivity index (χ3v) is 4.95. The third-order valence-electron chi connectivity index (χ3n) is 4.95. The van der Waals surface area contributed by atoms with E-state index < -0.39 is 0 Å². The molecule has 1 aliphatic rings. The fourth-order valence-corrected chi connectivity index (χ4v) is 3.66. The quantitative estimate of drug-likeness (QED) is 0.596. The van der Waals surface area contributed by atoms with Gasteiger partial charge in [0.05, 0.1) is 12.5 Å². The van der Waals surface area contributed by atoms with Crippen LogP contribution in [0.5, 0.6) is 0 Å². The van der Waals surface area contributed by atoms with E-state index in [9.17, 15) is 4.79 Å². The first-order chi connectivity index (χ1) is 12.0. The summed E-state index contributed by atoms with van der Waals surface area (Å²) in [5, 5.41) is 3.88. The Morgan fingerprint density at radius 1 is 1.44 bits per heavy atom. The van der Waals surface area contributed by atoms with E-state index in [0.29, 0.717) is 18.3 Å². The van der Waals surface area contributed by atoms with Crippen LogP contribution in [0.25, 0.3) is 0 Å². The smallest absolute Gasteiger partial charge is 0.231 e. The van der Waals surface area contributed by atoms with Gasteiger partial charge in [0.25, 0.3) is 0 Å². The van der Waals surface area contributed by atoms with Gasteiger partial charge in [-0.25, -0.2) is 0 Å². The monoisotopic (exact) mass is 342 g/mol. The van der Waals surface area contributed by atoms with Gasteiger partial charge in [-0.05, 0) is 46.2 Å². The number of aromatic nitrogens is 3. The van der Waals surface area contributed by atoms with E-state index in [1.165, 1.54) is 0 Å². The zero-order chi connectivity index (χ0) is 18.0. The maximum absolute atomic E-state index is 12.8. The van der Waals surface area contributed by atoms with Gasteiger partial charge >= 0.3 is 0 Å². The Morgan fingerprint density at radius 3 is 2.92 bits per heavy atom. The summed E-state index contributed by atoms with van der Waals surface area (Å²) in [6, 6.07) is 1.99. The number of allylic oxidation sites excluding steroid dienone is 1. The molecule has 3 heterocycles. The molecule has 0 amide bonds. The second-order valence-corrected chi connectivity index (χ2v) is 6.86. The summed E-state index contributed by atoms with van der Waals surface area (Å²) >= 11 is 0. The van der Waals surface area contributed by atoms with Crippen molar-refractivity contribution in [3.05, 3.63) is 47.4 Å². The van der Waals surface area contributed by atoms with Gasteiger partial charge in [-0.2, -0.15) is 4.98 Å². The van der Waals surface area contributed by atoms with Crippen LogP contribution in [0.1, 0.15) is 52.2 Å². The second-order valence-electron chi connectivity index (χ2n) is 6.86. The van der Waals surface area contributed by atoms with E-state index in [4.69, 9.17) is 4.52 Å². The van der Waals surface area contributed by atoms with Crippen molar-refractivity contribution in [1.29, 1.82) is 0 Å². The van der Waals surface area contributed by atoms with E-state index in [2.05, 4.69) is 26.2 Å². The molecule has 134 valence electrons. The van der Waals surface area contributed by atoms with Gasteiger partial charge in [0, 0.05) is 30.0 Å². The molecule has 0 spiro atoms. The molecule has 1 atom stereocenters. The molecule has 25 heavy (non-hydrogen) atoms. The molecule has 1 aliphatic heterocycles. The maximum atomic E-state index is 12.8. The maximum Gasteiger partial charge on any atom is 0.231 e. The fourth-order valence-electron chi connectivity index (χ4n) is 3.66. The first kappa shape index (κ1) is 17.6.